The number of rotatable bonds is 3. The van der Waals surface area contributed by atoms with Crippen LogP contribution in [0.25, 0.3) is 0 Å². The lowest BCUT2D eigenvalue weighted by Crippen LogP contribution is -2.02. The minimum absolute atomic E-state index is 0.711. The molecule has 0 saturated carbocycles. The van der Waals surface area contributed by atoms with Crippen molar-refractivity contribution in [2.45, 2.75) is 27.7 Å². The molecule has 0 aromatic heterocycles. The monoisotopic (exact) mass is 177 g/mol. The Hall–Kier alpha value is -0.980. The predicted molar refractivity (Wildman–Crippen MR) is 56.0 cm³/mol. The summed E-state index contributed by atoms with van der Waals surface area (Å²) in [4.78, 5) is 0. The highest BCUT2D eigenvalue weighted by Gasteiger charge is 1.98. The van der Waals surface area contributed by atoms with Crippen LogP contribution in [0.4, 0.5) is 0 Å². The molecule has 0 fully saturated rings. The SMILES string of the molecule is C[C](C)COc1ccc(C)c(C)c1. The molecule has 0 aliphatic heterocycles. The second-order valence-corrected chi connectivity index (χ2v) is 3.74. The van der Waals surface area contributed by atoms with E-state index in [2.05, 4.69) is 39.8 Å². The van der Waals surface area contributed by atoms with Crippen LogP contribution in [0.1, 0.15) is 25.0 Å². The van der Waals surface area contributed by atoms with Crippen LogP contribution >= 0.6 is 0 Å². The van der Waals surface area contributed by atoms with Crippen LogP contribution in [0.5, 0.6) is 5.75 Å². The van der Waals surface area contributed by atoms with Gasteiger partial charge in [-0.05, 0) is 37.1 Å². The molecule has 71 valence electrons. The van der Waals surface area contributed by atoms with E-state index in [-0.39, 0.29) is 0 Å². The summed E-state index contributed by atoms with van der Waals surface area (Å²) in [5, 5.41) is 0. The highest BCUT2D eigenvalue weighted by atomic mass is 16.5. The third-order valence-corrected chi connectivity index (χ3v) is 2.01. The summed E-state index contributed by atoms with van der Waals surface area (Å²) in [5.41, 5.74) is 2.59. The number of ether oxygens (including phenoxy) is 1. The van der Waals surface area contributed by atoms with Gasteiger partial charge in [-0.2, -0.15) is 0 Å². The summed E-state index contributed by atoms with van der Waals surface area (Å²) < 4.78 is 5.57. The summed E-state index contributed by atoms with van der Waals surface area (Å²) in [6.45, 7) is 9.06. The fourth-order valence-electron chi connectivity index (χ4n) is 1.03. The molecule has 0 aliphatic carbocycles. The molecule has 0 atom stereocenters. The Bertz CT molecular complexity index is 276. The Balaban J connectivity index is 2.63. The normalized spacial score (nSPS) is 10.5. The van der Waals surface area contributed by atoms with Gasteiger partial charge in [0.25, 0.3) is 0 Å². The van der Waals surface area contributed by atoms with Gasteiger partial charge in [0.15, 0.2) is 0 Å². The number of hydrogen-bond acceptors (Lipinski definition) is 1. The lowest BCUT2D eigenvalue weighted by Gasteiger charge is -2.09. The van der Waals surface area contributed by atoms with E-state index in [1.165, 1.54) is 17.0 Å². The third kappa shape index (κ3) is 3.10. The summed E-state index contributed by atoms with van der Waals surface area (Å²) in [6, 6.07) is 6.19. The first-order chi connectivity index (χ1) is 6.09. The zero-order chi connectivity index (χ0) is 9.84. The molecule has 0 spiro atoms. The molecule has 1 aromatic rings. The van der Waals surface area contributed by atoms with Gasteiger partial charge in [0.2, 0.25) is 0 Å². The van der Waals surface area contributed by atoms with Crippen molar-refractivity contribution < 1.29 is 4.74 Å². The maximum atomic E-state index is 5.57. The van der Waals surface area contributed by atoms with Crippen LogP contribution in [0, 0.1) is 19.8 Å². The van der Waals surface area contributed by atoms with Crippen LogP contribution in [0.2, 0.25) is 0 Å². The summed E-state index contributed by atoms with van der Waals surface area (Å²) in [5.74, 6) is 2.25. The summed E-state index contributed by atoms with van der Waals surface area (Å²) in [6.07, 6.45) is 0. The van der Waals surface area contributed by atoms with Crippen molar-refractivity contribution in [2.24, 2.45) is 0 Å². The molecule has 13 heavy (non-hydrogen) atoms. The first-order valence-corrected chi connectivity index (χ1v) is 4.58. The molecule has 0 unspecified atom stereocenters. The van der Waals surface area contributed by atoms with E-state index in [4.69, 9.17) is 4.74 Å². The average molecular weight is 177 g/mol. The van der Waals surface area contributed by atoms with Crippen LogP contribution in [-0.2, 0) is 0 Å². The molecule has 0 bridgehead atoms. The largest absolute Gasteiger partial charge is 0.493 e. The van der Waals surface area contributed by atoms with Crippen molar-refractivity contribution in [1.29, 1.82) is 0 Å². The zero-order valence-corrected chi connectivity index (χ0v) is 8.85. The van der Waals surface area contributed by atoms with E-state index in [9.17, 15) is 0 Å². The Kier molecular flexibility index (Phi) is 3.35. The molecule has 0 amide bonds. The molecular weight excluding hydrogens is 160 g/mol. The average Bonchev–Trinajstić information content (AvgIpc) is 2.07. The summed E-state index contributed by atoms with van der Waals surface area (Å²) in [7, 11) is 0. The van der Waals surface area contributed by atoms with E-state index >= 15 is 0 Å². The van der Waals surface area contributed by atoms with Crippen molar-refractivity contribution in [1.82, 2.24) is 0 Å². The highest BCUT2D eigenvalue weighted by Crippen LogP contribution is 2.17. The van der Waals surface area contributed by atoms with E-state index in [0.29, 0.717) is 6.61 Å². The molecular formula is C12H17O. The van der Waals surface area contributed by atoms with E-state index < -0.39 is 0 Å². The number of hydrogen-bond donors (Lipinski definition) is 0. The minimum Gasteiger partial charge on any atom is -0.493 e. The third-order valence-electron chi connectivity index (χ3n) is 2.01. The second-order valence-electron chi connectivity index (χ2n) is 3.74. The van der Waals surface area contributed by atoms with Crippen molar-refractivity contribution in [3.8, 4) is 5.75 Å². The smallest absolute Gasteiger partial charge is 0.119 e. The van der Waals surface area contributed by atoms with Gasteiger partial charge >= 0.3 is 0 Å². The van der Waals surface area contributed by atoms with Gasteiger partial charge in [0, 0.05) is 5.92 Å². The van der Waals surface area contributed by atoms with Crippen LogP contribution in [0.3, 0.4) is 0 Å². The lowest BCUT2D eigenvalue weighted by molar-refractivity contribution is 0.332. The van der Waals surface area contributed by atoms with E-state index in [0.717, 1.165) is 5.75 Å². The van der Waals surface area contributed by atoms with Crippen LogP contribution < -0.4 is 4.74 Å². The first kappa shape index (κ1) is 10.1. The molecule has 0 heterocycles. The van der Waals surface area contributed by atoms with Crippen molar-refractivity contribution in [2.75, 3.05) is 6.61 Å². The van der Waals surface area contributed by atoms with Gasteiger partial charge in [-0.15, -0.1) is 0 Å². The number of benzene rings is 1. The quantitative estimate of drug-likeness (QED) is 0.688. The van der Waals surface area contributed by atoms with Crippen molar-refractivity contribution in [3.05, 3.63) is 35.2 Å². The Morgan fingerprint density at radius 2 is 1.85 bits per heavy atom. The van der Waals surface area contributed by atoms with Crippen LogP contribution in [-0.4, -0.2) is 6.61 Å². The Labute approximate surface area is 80.7 Å². The fourth-order valence-corrected chi connectivity index (χ4v) is 1.03. The van der Waals surface area contributed by atoms with Gasteiger partial charge in [-0.1, -0.05) is 19.9 Å². The summed E-state index contributed by atoms with van der Waals surface area (Å²) >= 11 is 0. The van der Waals surface area contributed by atoms with Gasteiger partial charge in [0.05, 0.1) is 6.61 Å². The minimum atomic E-state index is 0.711. The predicted octanol–water partition coefficient (Wildman–Crippen LogP) is 3.30. The van der Waals surface area contributed by atoms with E-state index in [1.807, 2.05) is 6.07 Å². The van der Waals surface area contributed by atoms with E-state index in [1.54, 1.807) is 0 Å². The number of aryl methyl sites for hydroxylation is 2. The molecule has 0 saturated heterocycles. The maximum Gasteiger partial charge on any atom is 0.119 e. The van der Waals surface area contributed by atoms with Crippen molar-refractivity contribution in [3.63, 3.8) is 0 Å². The van der Waals surface area contributed by atoms with Gasteiger partial charge in [-0.25, -0.2) is 0 Å². The molecule has 1 heteroatoms. The fraction of sp³-hybridized carbons (Fsp3) is 0.417. The molecule has 1 aromatic carbocycles. The molecule has 0 aliphatic rings. The molecule has 1 radical (unpaired) electrons. The molecule has 1 rings (SSSR count). The highest BCUT2D eigenvalue weighted by molar-refractivity contribution is 5.33. The lowest BCUT2D eigenvalue weighted by atomic mass is 10.1. The second kappa shape index (κ2) is 4.31. The first-order valence-electron chi connectivity index (χ1n) is 4.58. The van der Waals surface area contributed by atoms with Gasteiger partial charge in [-0.3, -0.25) is 0 Å². The Morgan fingerprint density at radius 3 is 2.38 bits per heavy atom. The Morgan fingerprint density at radius 1 is 1.15 bits per heavy atom. The maximum absolute atomic E-state index is 5.57. The zero-order valence-electron chi connectivity index (χ0n) is 8.85. The topological polar surface area (TPSA) is 9.23 Å². The standard InChI is InChI=1S/C12H17O/c1-9(2)8-13-12-6-5-10(3)11(4)7-12/h5-7H,8H2,1-4H3. The van der Waals surface area contributed by atoms with Gasteiger partial charge < -0.3 is 4.74 Å². The van der Waals surface area contributed by atoms with Gasteiger partial charge in [0.1, 0.15) is 5.75 Å². The van der Waals surface area contributed by atoms with Crippen LogP contribution in [0.15, 0.2) is 18.2 Å². The van der Waals surface area contributed by atoms with Crippen molar-refractivity contribution >= 4 is 0 Å². The molecule has 1 nitrogen and oxygen atoms in total. The molecule has 0 N–H and O–H groups in total.